The fourth-order valence-corrected chi connectivity index (χ4v) is 1.08. The zero-order valence-corrected chi connectivity index (χ0v) is 5.96. The number of fused-ring (bicyclic) bond motifs is 1. The maximum atomic E-state index is 7.61. The number of anilines is 1. The molecule has 54 valence electrons. The Kier molecular flexibility index (Phi) is 0.908. The summed E-state index contributed by atoms with van der Waals surface area (Å²) in [5.41, 5.74) is 6.27. The van der Waals surface area contributed by atoms with E-state index in [0.29, 0.717) is 17.8 Å². The van der Waals surface area contributed by atoms with Crippen molar-refractivity contribution in [3.8, 4) is 0 Å². The average Bonchev–Trinajstić information content (AvgIpc) is 2.02. The molecule has 0 aliphatic heterocycles. The zero-order chi connectivity index (χ0) is 9.42. The van der Waals surface area contributed by atoms with Crippen molar-refractivity contribution in [1.82, 2.24) is 0 Å². The molecule has 2 rings (SSSR count). The lowest BCUT2D eigenvalue weighted by atomic mass is 10.1. The molecule has 0 spiro atoms. The third kappa shape index (κ3) is 1.05. The second kappa shape index (κ2) is 2.27. The first-order valence-corrected chi connectivity index (χ1v) is 3.43. The molecule has 2 aromatic carbocycles. The molecule has 0 unspecified atom stereocenters. The van der Waals surface area contributed by atoms with E-state index in [-0.39, 0.29) is 0 Å². The Morgan fingerprint density at radius 1 is 1.18 bits per heavy atom. The fraction of sp³-hybridized carbons (Fsp3) is 0. The van der Waals surface area contributed by atoms with Gasteiger partial charge in [-0.3, -0.25) is 0 Å². The highest BCUT2D eigenvalue weighted by Gasteiger charge is 1.89. The molecular formula is C10H9N. The number of hydrogen-bond acceptors (Lipinski definition) is 1. The number of hydrogen-bond donors (Lipinski definition) is 1. The Labute approximate surface area is 68.3 Å². The summed E-state index contributed by atoms with van der Waals surface area (Å²) < 4.78 is 15.0. The van der Waals surface area contributed by atoms with Crippen molar-refractivity contribution in [3.63, 3.8) is 0 Å². The van der Waals surface area contributed by atoms with Crippen molar-refractivity contribution in [3.05, 3.63) is 42.4 Å². The largest absolute Gasteiger partial charge is 0.399 e. The Hall–Kier alpha value is -1.50. The molecule has 1 heteroatoms. The van der Waals surface area contributed by atoms with Crippen molar-refractivity contribution in [2.75, 3.05) is 5.73 Å². The minimum absolute atomic E-state index is 0.350. The number of rotatable bonds is 0. The average molecular weight is 145 g/mol. The molecule has 1 nitrogen and oxygen atoms in total. The van der Waals surface area contributed by atoms with E-state index in [9.17, 15) is 0 Å². The zero-order valence-electron chi connectivity index (χ0n) is 7.96. The third-order valence-electron chi connectivity index (χ3n) is 1.63. The SMILES string of the molecule is [2H]c1cc([2H])c2ccc(N)cc2c1. The van der Waals surface area contributed by atoms with Gasteiger partial charge < -0.3 is 5.73 Å². The molecule has 11 heavy (non-hydrogen) atoms. The van der Waals surface area contributed by atoms with Crippen LogP contribution in [0.2, 0.25) is 0 Å². The first-order chi connectivity index (χ1) is 6.16. The minimum Gasteiger partial charge on any atom is -0.399 e. The molecule has 0 saturated heterocycles. The van der Waals surface area contributed by atoms with Crippen molar-refractivity contribution in [2.24, 2.45) is 0 Å². The van der Waals surface area contributed by atoms with Crippen molar-refractivity contribution in [1.29, 1.82) is 0 Å². The standard InChI is InChI=1S/C10H9N/c11-10-6-5-8-3-1-2-4-9(8)7-10/h1-7H,11H2/i2D,3D. The first kappa shape index (κ1) is 4.39. The maximum absolute atomic E-state index is 7.61. The number of nitrogen functional groups attached to an aromatic ring is 1. The van der Waals surface area contributed by atoms with Crippen LogP contribution < -0.4 is 5.73 Å². The summed E-state index contributed by atoms with van der Waals surface area (Å²) in [6.07, 6.45) is 0. The molecule has 0 radical (unpaired) electrons. The Bertz CT molecular complexity index is 460. The lowest BCUT2D eigenvalue weighted by molar-refractivity contribution is 1.73. The van der Waals surface area contributed by atoms with Crippen LogP contribution in [0.5, 0.6) is 0 Å². The van der Waals surface area contributed by atoms with Gasteiger partial charge >= 0.3 is 0 Å². The van der Waals surface area contributed by atoms with Crippen LogP contribution in [0.3, 0.4) is 0 Å². The van der Waals surface area contributed by atoms with E-state index in [2.05, 4.69) is 0 Å². The Morgan fingerprint density at radius 2 is 2.09 bits per heavy atom. The topological polar surface area (TPSA) is 26.0 Å². The van der Waals surface area contributed by atoms with Crippen LogP contribution in [0.1, 0.15) is 2.74 Å². The molecule has 0 heterocycles. The van der Waals surface area contributed by atoms with E-state index in [1.165, 1.54) is 6.07 Å². The van der Waals surface area contributed by atoms with Crippen LogP contribution in [0.15, 0.2) is 42.4 Å². The van der Waals surface area contributed by atoms with Crippen LogP contribution in [0.25, 0.3) is 10.8 Å². The summed E-state index contributed by atoms with van der Waals surface area (Å²) in [4.78, 5) is 0. The van der Waals surface area contributed by atoms with Gasteiger partial charge in [0, 0.05) is 5.69 Å². The van der Waals surface area contributed by atoms with Crippen molar-refractivity contribution < 1.29 is 2.74 Å². The van der Waals surface area contributed by atoms with E-state index in [4.69, 9.17) is 8.48 Å². The van der Waals surface area contributed by atoms with E-state index >= 15 is 0 Å². The molecule has 0 atom stereocenters. The summed E-state index contributed by atoms with van der Waals surface area (Å²) >= 11 is 0. The van der Waals surface area contributed by atoms with Gasteiger partial charge in [0.15, 0.2) is 0 Å². The summed E-state index contributed by atoms with van der Waals surface area (Å²) in [7, 11) is 0. The predicted molar refractivity (Wildman–Crippen MR) is 48.4 cm³/mol. The predicted octanol–water partition coefficient (Wildman–Crippen LogP) is 2.42. The van der Waals surface area contributed by atoms with Gasteiger partial charge in [0.1, 0.15) is 0 Å². The first-order valence-electron chi connectivity index (χ1n) is 4.43. The molecule has 0 aliphatic rings. The smallest absolute Gasteiger partial charge is 0.0629 e. The highest BCUT2D eigenvalue weighted by Crippen LogP contribution is 2.15. The molecule has 0 aromatic heterocycles. The fourth-order valence-electron chi connectivity index (χ4n) is 1.08. The van der Waals surface area contributed by atoms with Crippen LogP contribution in [0.4, 0.5) is 5.69 Å². The summed E-state index contributed by atoms with van der Waals surface area (Å²) in [5.74, 6) is 0. The molecule has 0 fully saturated rings. The molecule has 0 aliphatic carbocycles. The van der Waals surface area contributed by atoms with Gasteiger partial charge in [-0.1, -0.05) is 30.3 Å². The van der Waals surface area contributed by atoms with Crippen LogP contribution in [-0.4, -0.2) is 0 Å². The van der Waals surface area contributed by atoms with Crippen LogP contribution in [0, 0.1) is 0 Å². The minimum atomic E-state index is 0.350. The van der Waals surface area contributed by atoms with Gasteiger partial charge in [-0.15, -0.1) is 0 Å². The normalized spacial score (nSPS) is 12.7. The highest BCUT2D eigenvalue weighted by atomic mass is 14.5. The van der Waals surface area contributed by atoms with E-state index in [0.717, 1.165) is 10.8 Å². The quantitative estimate of drug-likeness (QED) is 0.566. The summed E-state index contributed by atoms with van der Waals surface area (Å²) in [5, 5.41) is 1.70. The van der Waals surface area contributed by atoms with Crippen LogP contribution >= 0.6 is 0 Å². The highest BCUT2D eigenvalue weighted by molar-refractivity contribution is 5.85. The van der Waals surface area contributed by atoms with Gasteiger partial charge in [0.05, 0.1) is 2.74 Å². The molecule has 2 N–H and O–H groups in total. The maximum Gasteiger partial charge on any atom is 0.0629 e. The second-order valence-electron chi connectivity index (χ2n) is 2.45. The molecular weight excluding hydrogens is 134 g/mol. The second-order valence-corrected chi connectivity index (χ2v) is 2.45. The molecule has 2 aromatic rings. The summed E-state index contributed by atoms with van der Waals surface area (Å²) in [6.45, 7) is 0. The van der Waals surface area contributed by atoms with Crippen molar-refractivity contribution in [2.45, 2.75) is 0 Å². The molecule has 0 saturated carbocycles. The lowest BCUT2D eigenvalue weighted by Gasteiger charge is -1.96. The third-order valence-corrected chi connectivity index (χ3v) is 1.63. The van der Waals surface area contributed by atoms with Crippen molar-refractivity contribution >= 4 is 16.5 Å². The van der Waals surface area contributed by atoms with Gasteiger partial charge in [0.2, 0.25) is 0 Å². The van der Waals surface area contributed by atoms with Gasteiger partial charge in [-0.2, -0.15) is 0 Å². The van der Waals surface area contributed by atoms with Gasteiger partial charge in [-0.05, 0) is 22.9 Å². The summed E-state index contributed by atoms with van der Waals surface area (Å²) in [6, 6.07) is 9.33. The van der Waals surface area contributed by atoms with Gasteiger partial charge in [-0.25, -0.2) is 0 Å². The van der Waals surface area contributed by atoms with E-state index in [1.54, 1.807) is 18.2 Å². The molecule has 0 amide bonds. The van der Waals surface area contributed by atoms with E-state index < -0.39 is 0 Å². The van der Waals surface area contributed by atoms with E-state index in [1.807, 2.05) is 6.07 Å². The monoisotopic (exact) mass is 145 g/mol. The van der Waals surface area contributed by atoms with Crippen LogP contribution in [-0.2, 0) is 0 Å². The number of nitrogens with two attached hydrogens (primary N) is 1. The lowest BCUT2D eigenvalue weighted by Crippen LogP contribution is -1.82. The Morgan fingerprint density at radius 3 is 3.00 bits per heavy atom. The number of benzene rings is 2. The Balaban J connectivity index is 2.86. The van der Waals surface area contributed by atoms with Gasteiger partial charge in [0.25, 0.3) is 0 Å². The molecule has 0 bridgehead atoms.